The number of urea groups is 1. The highest BCUT2D eigenvalue weighted by atomic mass is 35.5. The van der Waals surface area contributed by atoms with Crippen molar-refractivity contribution in [3.63, 3.8) is 0 Å². The van der Waals surface area contributed by atoms with E-state index in [0.29, 0.717) is 24.7 Å². The molecule has 3 N–H and O–H groups in total. The predicted molar refractivity (Wildman–Crippen MR) is 103 cm³/mol. The standard InChI is InChI=1S/C19H22ClN5O2/c20-16-5-3-14(4-6-16)10-23-19(27)24-13-18(26)25-9-8-22-12-17(25)15-2-1-7-21-11-15/h1-7,11,17,22H,8-10,12-13H2,(H2,23,24,27). The highest BCUT2D eigenvalue weighted by molar-refractivity contribution is 6.30. The van der Waals surface area contributed by atoms with Gasteiger partial charge in [-0.15, -0.1) is 0 Å². The number of carbonyl (C=O) groups is 2. The maximum Gasteiger partial charge on any atom is 0.315 e. The number of hydrogen-bond donors (Lipinski definition) is 3. The van der Waals surface area contributed by atoms with E-state index in [2.05, 4.69) is 20.9 Å². The summed E-state index contributed by atoms with van der Waals surface area (Å²) in [5, 5.41) is 9.30. The van der Waals surface area contributed by atoms with E-state index < -0.39 is 0 Å². The highest BCUT2D eigenvalue weighted by Gasteiger charge is 2.27. The van der Waals surface area contributed by atoms with Crippen LogP contribution in [0.1, 0.15) is 17.2 Å². The summed E-state index contributed by atoms with van der Waals surface area (Å²) in [6, 6.07) is 10.6. The minimum absolute atomic E-state index is 0.0524. The summed E-state index contributed by atoms with van der Waals surface area (Å²) in [7, 11) is 0. The van der Waals surface area contributed by atoms with Crippen molar-refractivity contribution in [2.75, 3.05) is 26.2 Å². The number of piperazine rings is 1. The van der Waals surface area contributed by atoms with Crippen LogP contribution < -0.4 is 16.0 Å². The van der Waals surface area contributed by atoms with Crippen molar-refractivity contribution in [1.82, 2.24) is 25.8 Å². The van der Waals surface area contributed by atoms with Crippen LogP contribution in [0, 0.1) is 0 Å². The molecule has 0 bridgehead atoms. The maximum atomic E-state index is 12.6. The second-order valence-electron chi connectivity index (χ2n) is 6.26. The minimum Gasteiger partial charge on any atom is -0.334 e. The first kappa shape index (κ1) is 19.1. The van der Waals surface area contributed by atoms with E-state index >= 15 is 0 Å². The van der Waals surface area contributed by atoms with Crippen LogP contribution in [0.4, 0.5) is 4.79 Å². The lowest BCUT2D eigenvalue weighted by Gasteiger charge is -2.36. The summed E-state index contributed by atoms with van der Waals surface area (Å²) in [5.74, 6) is -0.119. The van der Waals surface area contributed by atoms with E-state index in [9.17, 15) is 9.59 Å². The summed E-state index contributed by atoms with van der Waals surface area (Å²) in [6.07, 6.45) is 3.47. The van der Waals surface area contributed by atoms with Crippen LogP contribution >= 0.6 is 11.6 Å². The number of amides is 3. The molecule has 1 aliphatic heterocycles. The summed E-state index contributed by atoms with van der Waals surface area (Å²) < 4.78 is 0. The molecule has 2 heterocycles. The molecule has 0 radical (unpaired) electrons. The van der Waals surface area contributed by atoms with Crippen molar-refractivity contribution >= 4 is 23.5 Å². The van der Waals surface area contributed by atoms with Crippen molar-refractivity contribution < 1.29 is 9.59 Å². The van der Waals surface area contributed by atoms with Gasteiger partial charge in [0.25, 0.3) is 0 Å². The van der Waals surface area contributed by atoms with Crippen molar-refractivity contribution in [2.24, 2.45) is 0 Å². The molecule has 1 aromatic heterocycles. The van der Waals surface area contributed by atoms with Gasteiger partial charge in [-0.25, -0.2) is 4.79 Å². The largest absolute Gasteiger partial charge is 0.334 e. The van der Waals surface area contributed by atoms with Gasteiger partial charge in [-0.05, 0) is 29.3 Å². The van der Waals surface area contributed by atoms with E-state index in [1.165, 1.54) is 0 Å². The van der Waals surface area contributed by atoms with Crippen molar-refractivity contribution in [3.05, 3.63) is 64.9 Å². The Balaban J connectivity index is 1.49. The van der Waals surface area contributed by atoms with E-state index in [1.54, 1.807) is 29.4 Å². The predicted octanol–water partition coefficient (Wildman–Crippen LogP) is 1.71. The fourth-order valence-electron chi connectivity index (χ4n) is 2.98. The lowest BCUT2D eigenvalue weighted by molar-refractivity contribution is -0.133. The van der Waals surface area contributed by atoms with E-state index in [0.717, 1.165) is 17.7 Å². The van der Waals surface area contributed by atoms with Gasteiger partial charge in [-0.2, -0.15) is 0 Å². The van der Waals surface area contributed by atoms with Crippen LogP contribution in [-0.4, -0.2) is 48.0 Å². The zero-order valence-electron chi connectivity index (χ0n) is 14.8. The third-order valence-electron chi connectivity index (χ3n) is 4.40. The molecule has 27 heavy (non-hydrogen) atoms. The summed E-state index contributed by atoms with van der Waals surface area (Å²) in [5.41, 5.74) is 1.91. The molecule has 3 rings (SSSR count). The molecular formula is C19H22ClN5O2. The number of nitrogens with zero attached hydrogens (tertiary/aromatic N) is 2. The van der Waals surface area contributed by atoms with Crippen molar-refractivity contribution in [1.29, 1.82) is 0 Å². The first-order valence-electron chi connectivity index (χ1n) is 8.80. The molecule has 1 aromatic carbocycles. The molecule has 0 aliphatic carbocycles. The molecule has 1 fully saturated rings. The van der Waals surface area contributed by atoms with Gasteiger partial charge < -0.3 is 20.9 Å². The van der Waals surface area contributed by atoms with Gasteiger partial charge in [0.15, 0.2) is 0 Å². The normalized spacial score (nSPS) is 16.6. The van der Waals surface area contributed by atoms with Gasteiger partial charge >= 0.3 is 6.03 Å². The smallest absolute Gasteiger partial charge is 0.315 e. The van der Waals surface area contributed by atoms with Crippen LogP contribution in [0.25, 0.3) is 0 Å². The number of nitrogens with one attached hydrogen (secondary N) is 3. The van der Waals surface area contributed by atoms with Crippen molar-refractivity contribution in [3.8, 4) is 0 Å². The first-order chi connectivity index (χ1) is 13.1. The molecule has 0 saturated carbocycles. The van der Waals surface area contributed by atoms with E-state index in [1.807, 2.05) is 24.3 Å². The number of hydrogen-bond acceptors (Lipinski definition) is 4. The average molecular weight is 388 g/mol. The van der Waals surface area contributed by atoms with Crippen LogP contribution in [0.15, 0.2) is 48.8 Å². The van der Waals surface area contributed by atoms with Crippen LogP contribution in [0.5, 0.6) is 0 Å². The summed E-state index contributed by atoms with van der Waals surface area (Å²) in [4.78, 5) is 30.5. The zero-order valence-corrected chi connectivity index (χ0v) is 15.6. The Morgan fingerprint density at radius 1 is 1.22 bits per heavy atom. The number of carbonyl (C=O) groups excluding carboxylic acids is 2. The van der Waals surface area contributed by atoms with E-state index in [-0.39, 0.29) is 24.5 Å². The molecule has 0 spiro atoms. The van der Waals surface area contributed by atoms with Crippen LogP contribution in [-0.2, 0) is 11.3 Å². The fourth-order valence-corrected chi connectivity index (χ4v) is 3.10. The molecule has 7 nitrogen and oxygen atoms in total. The summed E-state index contributed by atoms with van der Waals surface area (Å²) >= 11 is 5.84. The third kappa shape index (κ3) is 5.42. The molecule has 1 aliphatic rings. The maximum absolute atomic E-state index is 12.6. The van der Waals surface area contributed by atoms with Gasteiger partial charge in [0.1, 0.15) is 0 Å². The molecule has 1 unspecified atom stereocenters. The quantitative estimate of drug-likeness (QED) is 0.729. The van der Waals surface area contributed by atoms with E-state index in [4.69, 9.17) is 11.6 Å². The number of halogens is 1. The van der Waals surface area contributed by atoms with Crippen LogP contribution in [0.2, 0.25) is 5.02 Å². The Morgan fingerprint density at radius 3 is 2.78 bits per heavy atom. The van der Waals surface area contributed by atoms with Gasteiger partial charge in [-0.1, -0.05) is 29.8 Å². The van der Waals surface area contributed by atoms with Gasteiger partial charge in [0, 0.05) is 43.6 Å². The Hall–Kier alpha value is -2.64. The van der Waals surface area contributed by atoms with Crippen LogP contribution in [0.3, 0.4) is 0 Å². The second-order valence-corrected chi connectivity index (χ2v) is 6.69. The average Bonchev–Trinajstić information content (AvgIpc) is 2.72. The Labute approximate surface area is 163 Å². The lowest BCUT2D eigenvalue weighted by atomic mass is 10.1. The number of pyridine rings is 1. The van der Waals surface area contributed by atoms with Gasteiger partial charge in [0.2, 0.25) is 5.91 Å². The minimum atomic E-state index is -0.383. The third-order valence-corrected chi connectivity index (χ3v) is 4.65. The summed E-state index contributed by atoms with van der Waals surface area (Å²) in [6.45, 7) is 2.30. The molecule has 1 atom stereocenters. The molecule has 1 saturated heterocycles. The topological polar surface area (TPSA) is 86.4 Å². The fraction of sp³-hybridized carbons (Fsp3) is 0.316. The molecule has 8 heteroatoms. The van der Waals surface area contributed by atoms with Gasteiger partial charge in [-0.3, -0.25) is 9.78 Å². The lowest BCUT2D eigenvalue weighted by Crippen LogP contribution is -2.52. The molecule has 2 aromatic rings. The highest BCUT2D eigenvalue weighted by Crippen LogP contribution is 2.21. The van der Waals surface area contributed by atoms with Crippen molar-refractivity contribution in [2.45, 2.75) is 12.6 Å². The number of aromatic nitrogens is 1. The number of benzene rings is 1. The molecule has 3 amide bonds. The second kappa shape index (κ2) is 9.34. The Kier molecular flexibility index (Phi) is 6.62. The Bertz CT molecular complexity index is 769. The molecule has 142 valence electrons. The van der Waals surface area contributed by atoms with Gasteiger partial charge in [0.05, 0.1) is 12.6 Å². The zero-order chi connectivity index (χ0) is 19.1. The first-order valence-corrected chi connectivity index (χ1v) is 9.17. The molecular weight excluding hydrogens is 366 g/mol. The monoisotopic (exact) mass is 387 g/mol. The SMILES string of the molecule is O=C(NCC(=O)N1CCNCC1c1cccnc1)NCc1ccc(Cl)cc1. The number of rotatable bonds is 5. The Morgan fingerprint density at radius 2 is 2.04 bits per heavy atom.